The summed E-state index contributed by atoms with van der Waals surface area (Å²) in [5.74, 6) is -2.34. The maximum Gasteiger partial charge on any atom is 0.471 e. The molecule has 2 aliphatic heterocycles. The summed E-state index contributed by atoms with van der Waals surface area (Å²) in [7, 11) is 1.76. The van der Waals surface area contributed by atoms with Crippen LogP contribution in [-0.2, 0) is 16.1 Å². The molecule has 42 heavy (non-hydrogen) atoms. The Morgan fingerprint density at radius 1 is 1.07 bits per heavy atom. The molecule has 0 spiro atoms. The van der Waals surface area contributed by atoms with Crippen molar-refractivity contribution in [3.05, 3.63) is 87.8 Å². The first-order valence-electron chi connectivity index (χ1n) is 12.7. The lowest BCUT2D eigenvalue weighted by Crippen LogP contribution is -2.29. The molecule has 0 aromatic heterocycles. The molecule has 5 rings (SSSR count). The lowest BCUT2D eigenvalue weighted by molar-refractivity contribution is -0.167. The molecule has 2 amide bonds. The largest absolute Gasteiger partial charge is 0.471 e. The van der Waals surface area contributed by atoms with Crippen molar-refractivity contribution in [3.8, 4) is 6.07 Å². The second-order valence-corrected chi connectivity index (χ2v) is 11.2. The van der Waals surface area contributed by atoms with Gasteiger partial charge in [0.25, 0.3) is 5.91 Å². The van der Waals surface area contributed by atoms with Gasteiger partial charge in [0, 0.05) is 24.2 Å². The number of rotatable bonds is 6. The van der Waals surface area contributed by atoms with Gasteiger partial charge in [-0.1, -0.05) is 42.1 Å². The summed E-state index contributed by atoms with van der Waals surface area (Å²) in [4.78, 5) is 34.6. The van der Waals surface area contributed by atoms with Crippen molar-refractivity contribution in [2.45, 2.75) is 24.5 Å². The topological polar surface area (TPSA) is 101 Å². The molecule has 0 saturated carbocycles. The second-order valence-electron chi connectivity index (χ2n) is 9.18. The van der Waals surface area contributed by atoms with Crippen molar-refractivity contribution < 1.29 is 22.8 Å². The Bertz CT molecular complexity index is 1670. The molecule has 0 bridgehead atoms. The minimum Gasteiger partial charge on any atom is -0.384 e. The fraction of sp³-hybridized carbons (Fsp3) is 0.172. The van der Waals surface area contributed by atoms with E-state index in [0.717, 1.165) is 5.56 Å². The minimum absolute atomic E-state index is 0.00471. The SMILES string of the molecule is CCNc1ccc(C#N)cc1/N=C1/S/C(=C2\Sc3cc(NC(=O)C(F)(F)F)ccc3N2C)C(=O)N1Cc1ccccc1. The van der Waals surface area contributed by atoms with Crippen LogP contribution in [0.4, 0.5) is 35.9 Å². The Balaban J connectivity index is 1.53. The molecule has 2 aliphatic rings. The number of fused-ring (bicyclic) bond motifs is 1. The molecule has 0 aliphatic carbocycles. The highest BCUT2D eigenvalue weighted by atomic mass is 32.2. The van der Waals surface area contributed by atoms with E-state index in [4.69, 9.17) is 4.99 Å². The first kappa shape index (κ1) is 29.1. The molecule has 13 heteroatoms. The number of alkyl halides is 3. The number of thioether (sulfide) groups is 2. The molecule has 0 atom stereocenters. The maximum absolute atomic E-state index is 13.9. The number of aliphatic imine (C=N–C) groups is 1. The first-order valence-corrected chi connectivity index (χ1v) is 14.3. The quantitative estimate of drug-likeness (QED) is 0.302. The zero-order valence-corrected chi connectivity index (χ0v) is 24.0. The van der Waals surface area contributed by atoms with E-state index in [1.165, 1.54) is 35.7 Å². The Kier molecular flexibility index (Phi) is 8.20. The van der Waals surface area contributed by atoms with Crippen LogP contribution in [0, 0.1) is 11.3 Å². The number of nitriles is 1. The molecule has 3 aromatic carbocycles. The van der Waals surface area contributed by atoms with Crippen molar-refractivity contribution in [1.29, 1.82) is 5.26 Å². The van der Waals surface area contributed by atoms with Gasteiger partial charge in [0.2, 0.25) is 0 Å². The van der Waals surface area contributed by atoms with E-state index < -0.39 is 12.1 Å². The zero-order valence-electron chi connectivity index (χ0n) is 22.3. The number of carbonyl (C=O) groups excluding carboxylic acids is 2. The average Bonchev–Trinajstić information content (AvgIpc) is 3.45. The van der Waals surface area contributed by atoms with E-state index in [2.05, 4.69) is 11.4 Å². The van der Waals surface area contributed by atoms with Crippen molar-refractivity contribution in [2.75, 3.05) is 29.1 Å². The summed E-state index contributed by atoms with van der Waals surface area (Å²) in [5, 5.41) is 15.6. The Morgan fingerprint density at radius 2 is 1.83 bits per heavy atom. The van der Waals surface area contributed by atoms with E-state index >= 15 is 0 Å². The Hall–Kier alpha value is -4.41. The van der Waals surface area contributed by atoms with Crippen LogP contribution in [0.3, 0.4) is 0 Å². The highest BCUT2D eigenvalue weighted by Crippen LogP contribution is 2.51. The molecule has 3 aromatic rings. The third-order valence-corrected chi connectivity index (χ3v) is 8.71. The number of benzene rings is 3. The summed E-state index contributed by atoms with van der Waals surface area (Å²) in [6, 6.07) is 21.1. The monoisotopic (exact) mass is 608 g/mol. The van der Waals surface area contributed by atoms with Crippen molar-refractivity contribution >= 4 is 63.3 Å². The maximum atomic E-state index is 13.9. The number of anilines is 3. The number of halogens is 3. The summed E-state index contributed by atoms with van der Waals surface area (Å²) in [6.45, 7) is 2.83. The number of amidine groups is 1. The normalized spacial score (nSPS) is 17.4. The van der Waals surface area contributed by atoms with Gasteiger partial charge in [0.1, 0.15) is 4.91 Å². The van der Waals surface area contributed by atoms with Crippen molar-refractivity contribution in [2.24, 2.45) is 4.99 Å². The molecular weight excluding hydrogens is 585 g/mol. The van der Waals surface area contributed by atoms with Crippen LogP contribution in [-0.4, -0.2) is 41.7 Å². The van der Waals surface area contributed by atoms with E-state index in [1.807, 2.05) is 42.6 Å². The molecule has 8 nitrogen and oxygen atoms in total. The van der Waals surface area contributed by atoms with Gasteiger partial charge in [-0.25, -0.2) is 4.99 Å². The van der Waals surface area contributed by atoms with Crippen molar-refractivity contribution in [1.82, 2.24) is 4.90 Å². The van der Waals surface area contributed by atoms with Crippen LogP contribution in [0.2, 0.25) is 0 Å². The fourth-order valence-corrected chi connectivity index (χ4v) is 6.67. The van der Waals surface area contributed by atoms with Gasteiger partial charge in [-0.05, 0) is 60.6 Å². The number of nitrogens with one attached hydrogen (secondary N) is 2. The summed E-state index contributed by atoms with van der Waals surface area (Å²) >= 11 is 2.41. The molecule has 2 heterocycles. The van der Waals surface area contributed by atoms with E-state index in [-0.39, 0.29) is 18.1 Å². The standard InChI is InChI=1S/C29H23F3N6O2S2/c1-3-34-20-11-9-18(15-33)13-21(20)36-28-38(16-17-7-5-4-6-8-17)25(39)24(42-28)26-37(2)22-12-10-19(14-23(22)41-26)35-27(40)29(30,31)32/h4-14,34H,3,16H2,1-2H3,(H,35,40)/b26-24-,36-28+. The van der Waals surface area contributed by atoms with Gasteiger partial charge in [0.15, 0.2) is 5.17 Å². The average molecular weight is 609 g/mol. The number of hydrogen-bond donors (Lipinski definition) is 2. The summed E-state index contributed by atoms with van der Waals surface area (Å²) in [6.07, 6.45) is -5.01. The summed E-state index contributed by atoms with van der Waals surface area (Å²) in [5.41, 5.74) is 3.21. The van der Waals surface area contributed by atoms with Crippen LogP contribution in [0.5, 0.6) is 0 Å². The lowest BCUT2D eigenvalue weighted by atomic mass is 10.2. The van der Waals surface area contributed by atoms with Gasteiger partial charge < -0.3 is 15.5 Å². The van der Waals surface area contributed by atoms with Crippen LogP contribution < -0.4 is 15.5 Å². The Labute approximate surface area is 248 Å². The minimum atomic E-state index is -5.01. The molecular formula is C29H23F3N6O2S2. The van der Waals surface area contributed by atoms with Crippen LogP contribution in [0.1, 0.15) is 18.1 Å². The third-order valence-electron chi connectivity index (χ3n) is 6.30. The predicted molar refractivity (Wildman–Crippen MR) is 159 cm³/mol. The molecule has 0 radical (unpaired) electrons. The predicted octanol–water partition coefficient (Wildman–Crippen LogP) is 6.67. The van der Waals surface area contributed by atoms with Crippen LogP contribution >= 0.6 is 23.5 Å². The fourth-order valence-electron chi connectivity index (χ4n) is 4.29. The van der Waals surface area contributed by atoms with E-state index in [0.29, 0.717) is 49.2 Å². The molecule has 214 valence electrons. The molecule has 1 fully saturated rings. The highest BCUT2D eigenvalue weighted by molar-refractivity contribution is 8.19. The first-order chi connectivity index (χ1) is 20.1. The smallest absolute Gasteiger partial charge is 0.384 e. The van der Waals surface area contributed by atoms with Gasteiger partial charge in [-0.2, -0.15) is 18.4 Å². The van der Waals surface area contributed by atoms with Gasteiger partial charge in [-0.15, -0.1) is 0 Å². The van der Waals surface area contributed by atoms with Gasteiger partial charge >= 0.3 is 12.1 Å². The highest BCUT2D eigenvalue weighted by Gasteiger charge is 2.41. The zero-order chi connectivity index (χ0) is 30.0. The van der Waals surface area contributed by atoms with E-state index in [9.17, 15) is 28.0 Å². The third kappa shape index (κ3) is 5.95. The van der Waals surface area contributed by atoms with Crippen LogP contribution in [0.25, 0.3) is 0 Å². The van der Waals surface area contributed by atoms with Crippen molar-refractivity contribution in [3.63, 3.8) is 0 Å². The van der Waals surface area contributed by atoms with Gasteiger partial charge in [0.05, 0.1) is 40.3 Å². The molecule has 0 unspecified atom stereocenters. The number of amides is 2. The number of carbonyl (C=O) groups is 2. The lowest BCUT2D eigenvalue weighted by Gasteiger charge is -2.17. The van der Waals surface area contributed by atoms with Gasteiger partial charge in [-0.3, -0.25) is 14.5 Å². The Morgan fingerprint density at radius 3 is 2.52 bits per heavy atom. The van der Waals surface area contributed by atoms with E-state index in [1.54, 1.807) is 41.1 Å². The molecule has 1 saturated heterocycles. The van der Waals surface area contributed by atoms with Crippen LogP contribution in [0.15, 0.2) is 86.6 Å². The summed E-state index contributed by atoms with van der Waals surface area (Å²) < 4.78 is 38.3. The molecule has 2 N–H and O–H groups in total. The second kappa shape index (κ2) is 11.8. The number of hydrogen-bond acceptors (Lipinski definition) is 8. The number of nitrogens with zero attached hydrogens (tertiary/aromatic N) is 4.